The fraction of sp³-hybridized carbons (Fsp3) is 0.125. The van der Waals surface area contributed by atoms with E-state index in [1.807, 2.05) is 24.3 Å². The maximum Gasteiger partial charge on any atom is 0.270 e. The smallest absolute Gasteiger partial charge is 0.270 e. The van der Waals surface area contributed by atoms with Gasteiger partial charge in [0.15, 0.2) is 0 Å². The van der Waals surface area contributed by atoms with Crippen LogP contribution in [0.3, 0.4) is 0 Å². The Balaban J connectivity index is 2.02. The van der Waals surface area contributed by atoms with Gasteiger partial charge in [-0.1, -0.05) is 18.2 Å². The van der Waals surface area contributed by atoms with E-state index in [1.54, 1.807) is 24.2 Å². The Hall–Kier alpha value is -3.22. The minimum atomic E-state index is -0.408. The number of ether oxygens (including phenoxy) is 1. The maximum absolute atomic E-state index is 11.0. The molecule has 1 aromatic heterocycles. The van der Waals surface area contributed by atoms with Crippen molar-refractivity contribution in [1.29, 1.82) is 0 Å². The van der Waals surface area contributed by atoms with E-state index in [1.165, 1.54) is 18.5 Å². The SMILES string of the molecule is COc1ccc(Cn2cncn2)cc1-c1cccc([N+](=O)[O-])c1. The summed E-state index contributed by atoms with van der Waals surface area (Å²) < 4.78 is 7.09. The molecule has 2 aromatic carbocycles. The first-order valence-electron chi connectivity index (χ1n) is 6.91. The molecular weight excluding hydrogens is 296 g/mol. The maximum atomic E-state index is 11.0. The summed E-state index contributed by atoms with van der Waals surface area (Å²) in [6, 6.07) is 12.2. The summed E-state index contributed by atoms with van der Waals surface area (Å²) in [7, 11) is 1.58. The summed E-state index contributed by atoms with van der Waals surface area (Å²) in [5.74, 6) is 0.660. The molecule has 116 valence electrons. The lowest BCUT2D eigenvalue weighted by Gasteiger charge is -2.11. The second kappa shape index (κ2) is 6.27. The van der Waals surface area contributed by atoms with Crippen molar-refractivity contribution in [3.63, 3.8) is 0 Å². The summed E-state index contributed by atoms with van der Waals surface area (Å²) in [5.41, 5.74) is 2.58. The summed E-state index contributed by atoms with van der Waals surface area (Å²) in [6.07, 6.45) is 3.11. The molecule has 3 rings (SSSR count). The fourth-order valence-electron chi connectivity index (χ4n) is 2.37. The van der Waals surface area contributed by atoms with Crippen molar-refractivity contribution in [1.82, 2.24) is 14.8 Å². The van der Waals surface area contributed by atoms with Crippen LogP contribution in [-0.2, 0) is 6.54 Å². The van der Waals surface area contributed by atoms with Crippen LogP contribution in [0.15, 0.2) is 55.1 Å². The molecule has 0 saturated heterocycles. The van der Waals surface area contributed by atoms with Gasteiger partial charge in [-0.2, -0.15) is 5.10 Å². The van der Waals surface area contributed by atoms with E-state index in [-0.39, 0.29) is 5.69 Å². The third kappa shape index (κ3) is 3.18. The normalized spacial score (nSPS) is 10.5. The number of methoxy groups -OCH3 is 1. The van der Waals surface area contributed by atoms with Crippen molar-refractivity contribution >= 4 is 5.69 Å². The zero-order valence-corrected chi connectivity index (χ0v) is 12.4. The van der Waals surface area contributed by atoms with Crippen molar-refractivity contribution in [2.75, 3.05) is 7.11 Å². The van der Waals surface area contributed by atoms with E-state index < -0.39 is 4.92 Å². The monoisotopic (exact) mass is 310 g/mol. The zero-order valence-electron chi connectivity index (χ0n) is 12.4. The minimum Gasteiger partial charge on any atom is -0.496 e. The van der Waals surface area contributed by atoms with Crippen molar-refractivity contribution in [3.8, 4) is 16.9 Å². The highest BCUT2D eigenvalue weighted by Gasteiger charge is 2.12. The number of aromatic nitrogens is 3. The topological polar surface area (TPSA) is 83.1 Å². The number of benzene rings is 2. The molecule has 0 saturated carbocycles. The third-order valence-corrected chi connectivity index (χ3v) is 3.44. The number of rotatable bonds is 5. The number of hydrogen-bond donors (Lipinski definition) is 0. The molecule has 0 aliphatic heterocycles. The Morgan fingerprint density at radius 1 is 1.26 bits per heavy atom. The van der Waals surface area contributed by atoms with Gasteiger partial charge in [-0.15, -0.1) is 0 Å². The van der Waals surface area contributed by atoms with Gasteiger partial charge in [-0.25, -0.2) is 9.67 Å². The van der Waals surface area contributed by atoms with E-state index in [0.29, 0.717) is 12.3 Å². The second-order valence-electron chi connectivity index (χ2n) is 4.94. The van der Waals surface area contributed by atoms with Crippen LogP contribution >= 0.6 is 0 Å². The average molecular weight is 310 g/mol. The molecule has 23 heavy (non-hydrogen) atoms. The molecule has 1 heterocycles. The predicted molar refractivity (Wildman–Crippen MR) is 84.2 cm³/mol. The van der Waals surface area contributed by atoms with E-state index in [4.69, 9.17) is 4.74 Å². The Kier molecular flexibility index (Phi) is 4.01. The first-order chi connectivity index (χ1) is 11.2. The Morgan fingerprint density at radius 2 is 2.13 bits per heavy atom. The molecule has 0 unspecified atom stereocenters. The molecule has 3 aromatic rings. The molecule has 7 heteroatoms. The number of nitro groups is 1. The van der Waals surface area contributed by atoms with Crippen LogP contribution in [0.2, 0.25) is 0 Å². The van der Waals surface area contributed by atoms with Crippen LogP contribution in [-0.4, -0.2) is 26.8 Å². The van der Waals surface area contributed by atoms with E-state index in [2.05, 4.69) is 10.1 Å². The van der Waals surface area contributed by atoms with Crippen molar-refractivity contribution in [3.05, 3.63) is 70.8 Å². The molecular formula is C16H14N4O3. The van der Waals surface area contributed by atoms with E-state index in [0.717, 1.165) is 16.7 Å². The summed E-state index contributed by atoms with van der Waals surface area (Å²) in [5, 5.41) is 15.1. The summed E-state index contributed by atoms with van der Waals surface area (Å²) in [4.78, 5) is 14.5. The Labute approximate surface area is 132 Å². The molecule has 0 N–H and O–H groups in total. The lowest BCUT2D eigenvalue weighted by Crippen LogP contribution is -2.00. The highest BCUT2D eigenvalue weighted by molar-refractivity contribution is 5.73. The van der Waals surface area contributed by atoms with Crippen LogP contribution in [0.4, 0.5) is 5.69 Å². The quantitative estimate of drug-likeness (QED) is 0.534. The van der Waals surface area contributed by atoms with E-state index >= 15 is 0 Å². The largest absolute Gasteiger partial charge is 0.496 e. The van der Waals surface area contributed by atoms with Crippen LogP contribution in [0.25, 0.3) is 11.1 Å². The Bertz CT molecular complexity index is 831. The molecule has 0 atom stereocenters. The number of nitro benzene ring substituents is 1. The van der Waals surface area contributed by atoms with Crippen molar-refractivity contribution < 1.29 is 9.66 Å². The predicted octanol–water partition coefficient (Wildman–Crippen LogP) is 2.91. The standard InChI is InChI=1S/C16H14N4O3/c1-23-16-6-5-12(9-19-11-17-10-18-19)7-15(16)13-3-2-4-14(8-13)20(21)22/h2-8,10-11H,9H2,1H3. The van der Waals surface area contributed by atoms with E-state index in [9.17, 15) is 10.1 Å². The average Bonchev–Trinajstić information content (AvgIpc) is 3.08. The van der Waals surface area contributed by atoms with Crippen LogP contribution in [0, 0.1) is 10.1 Å². The molecule has 0 aliphatic carbocycles. The highest BCUT2D eigenvalue weighted by atomic mass is 16.6. The third-order valence-electron chi connectivity index (χ3n) is 3.44. The fourth-order valence-corrected chi connectivity index (χ4v) is 2.37. The van der Waals surface area contributed by atoms with Gasteiger partial charge < -0.3 is 4.74 Å². The Morgan fingerprint density at radius 3 is 2.83 bits per heavy atom. The lowest BCUT2D eigenvalue weighted by atomic mass is 10.0. The van der Waals surface area contributed by atoms with Crippen LogP contribution < -0.4 is 4.74 Å². The van der Waals surface area contributed by atoms with Gasteiger partial charge >= 0.3 is 0 Å². The molecule has 0 spiro atoms. The van der Waals surface area contributed by atoms with Crippen LogP contribution in [0.5, 0.6) is 5.75 Å². The summed E-state index contributed by atoms with van der Waals surface area (Å²) in [6.45, 7) is 0.561. The molecule has 0 bridgehead atoms. The van der Waals surface area contributed by atoms with Gasteiger partial charge in [0.1, 0.15) is 18.4 Å². The van der Waals surface area contributed by atoms with Gasteiger partial charge in [-0.3, -0.25) is 10.1 Å². The number of non-ortho nitro benzene ring substituents is 1. The molecule has 0 amide bonds. The van der Waals surface area contributed by atoms with Gasteiger partial charge in [0.2, 0.25) is 0 Å². The molecule has 0 aliphatic rings. The molecule has 7 nitrogen and oxygen atoms in total. The van der Waals surface area contributed by atoms with Crippen molar-refractivity contribution in [2.24, 2.45) is 0 Å². The van der Waals surface area contributed by atoms with Gasteiger partial charge in [-0.05, 0) is 23.3 Å². The highest BCUT2D eigenvalue weighted by Crippen LogP contribution is 2.32. The molecule has 0 fully saturated rings. The van der Waals surface area contributed by atoms with Crippen molar-refractivity contribution in [2.45, 2.75) is 6.54 Å². The van der Waals surface area contributed by atoms with Gasteiger partial charge in [0, 0.05) is 17.7 Å². The lowest BCUT2D eigenvalue weighted by molar-refractivity contribution is -0.384. The van der Waals surface area contributed by atoms with Crippen LogP contribution in [0.1, 0.15) is 5.56 Å². The zero-order chi connectivity index (χ0) is 16.2. The van der Waals surface area contributed by atoms with Gasteiger partial charge in [0.05, 0.1) is 18.6 Å². The van der Waals surface area contributed by atoms with Gasteiger partial charge in [0.25, 0.3) is 5.69 Å². The number of nitrogens with zero attached hydrogens (tertiary/aromatic N) is 4. The summed E-state index contributed by atoms with van der Waals surface area (Å²) >= 11 is 0. The second-order valence-corrected chi connectivity index (χ2v) is 4.94. The minimum absolute atomic E-state index is 0.0474. The first kappa shape index (κ1) is 14.7. The first-order valence-corrected chi connectivity index (χ1v) is 6.91. The number of hydrogen-bond acceptors (Lipinski definition) is 5. The molecule has 0 radical (unpaired) electrons.